The normalized spacial score (nSPS) is 11.6. The molecule has 1 aromatic carbocycles. The predicted molar refractivity (Wildman–Crippen MR) is 89.8 cm³/mol. The number of nitrogens with zero attached hydrogens (tertiary/aromatic N) is 2. The first-order valence-corrected chi connectivity index (χ1v) is 7.84. The van der Waals surface area contributed by atoms with Crippen LogP contribution in [0.5, 0.6) is 0 Å². The van der Waals surface area contributed by atoms with Gasteiger partial charge in [0, 0.05) is 35.4 Å². The zero-order chi connectivity index (χ0) is 15.6. The van der Waals surface area contributed by atoms with Crippen molar-refractivity contribution in [3.8, 4) is 11.1 Å². The van der Waals surface area contributed by atoms with Crippen LogP contribution in [0, 0.1) is 6.92 Å². The van der Waals surface area contributed by atoms with E-state index in [1.807, 2.05) is 16.8 Å². The Morgan fingerprint density at radius 3 is 2.48 bits per heavy atom. The number of hydrogen-bond donors (Lipinski definition) is 1. The second-order valence-electron chi connectivity index (χ2n) is 6.04. The summed E-state index contributed by atoms with van der Waals surface area (Å²) < 4.78 is 2.01. The molecule has 0 saturated carbocycles. The molecule has 2 aromatic rings. The molecule has 0 amide bonds. The topological polar surface area (TPSA) is 29.9 Å². The van der Waals surface area contributed by atoms with Crippen LogP contribution in [0.15, 0.2) is 24.4 Å². The molecule has 0 radical (unpaired) electrons. The van der Waals surface area contributed by atoms with Crippen molar-refractivity contribution in [1.29, 1.82) is 0 Å². The van der Waals surface area contributed by atoms with Crippen LogP contribution >= 0.6 is 11.6 Å². The van der Waals surface area contributed by atoms with E-state index in [1.165, 1.54) is 16.7 Å². The van der Waals surface area contributed by atoms with E-state index < -0.39 is 0 Å². The minimum absolute atomic E-state index is 0.363. The highest BCUT2D eigenvalue weighted by Crippen LogP contribution is 2.29. The van der Waals surface area contributed by atoms with Gasteiger partial charge >= 0.3 is 0 Å². The van der Waals surface area contributed by atoms with Crippen molar-refractivity contribution in [2.45, 2.75) is 53.2 Å². The lowest BCUT2D eigenvalue weighted by Gasteiger charge is -2.13. The van der Waals surface area contributed by atoms with Crippen LogP contribution in [-0.2, 0) is 6.54 Å². The Hall–Kier alpha value is -1.32. The monoisotopic (exact) mass is 305 g/mol. The minimum atomic E-state index is 0.363. The smallest absolute Gasteiger partial charge is 0.0672 e. The summed E-state index contributed by atoms with van der Waals surface area (Å²) in [5.41, 5.74) is 4.65. The standard InChI is InChI=1S/C17H24ClN3/c1-11(2)19-9-14-8-15(18)6-7-16(14)17-10-21(12(3)4)20-13(17)5/h6-8,10-12,19H,9H2,1-5H3. The van der Waals surface area contributed by atoms with Gasteiger partial charge in [-0.15, -0.1) is 0 Å². The van der Waals surface area contributed by atoms with E-state index in [0.717, 1.165) is 17.3 Å². The quantitative estimate of drug-likeness (QED) is 0.875. The molecule has 0 bridgehead atoms. The van der Waals surface area contributed by atoms with E-state index in [1.54, 1.807) is 0 Å². The molecule has 0 saturated heterocycles. The molecule has 3 nitrogen and oxygen atoms in total. The van der Waals surface area contributed by atoms with Crippen molar-refractivity contribution in [2.75, 3.05) is 0 Å². The fraction of sp³-hybridized carbons (Fsp3) is 0.471. The highest BCUT2D eigenvalue weighted by molar-refractivity contribution is 6.30. The number of aromatic nitrogens is 2. The lowest BCUT2D eigenvalue weighted by atomic mass is 10.00. The van der Waals surface area contributed by atoms with E-state index >= 15 is 0 Å². The third-order valence-corrected chi connectivity index (χ3v) is 3.74. The molecule has 0 aliphatic carbocycles. The Bertz CT molecular complexity index is 614. The highest BCUT2D eigenvalue weighted by Gasteiger charge is 2.13. The van der Waals surface area contributed by atoms with Gasteiger partial charge in [0.2, 0.25) is 0 Å². The van der Waals surface area contributed by atoms with Crippen LogP contribution in [0.3, 0.4) is 0 Å². The molecule has 1 heterocycles. The summed E-state index contributed by atoms with van der Waals surface area (Å²) in [6, 6.07) is 6.88. The van der Waals surface area contributed by atoms with Crippen LogP contribution in [0.1, 0.15) is 45.0 Å². The second kappa shape index (κ2) is 6.63. The Balaban J connectivity index is 2.43. The number of rotatable bonds is 5. The maximum Gasteiger partial charge on any atom is 0.0672 e. The van der Waals surface area contributed by atoms with Crippen molar-refractivity contribution in [3.05, 3.63) is 40.7 Å². The van der Waals surface area contributed by atoms with E-state index in [2.05, 4.69) is 57.3 Å². The average molecular weight is 306 g/mol. The number of hydrogen-bond acceptors (Lipinski definition) is 2. The average Bonchev–Trinajstić information content (AvgIpc) is 2.79. The van der Waals surface area contributed by atoms with E-state index in [-0.39, 0.29) is 0 Å². The third kappa shape index (κ3) is 3.86. The maximum atomic E-state index is 6.17. The molecule has 0 unspecified atom stereocenters. The van der Waals surface area contributed by atoms with Gasteiger partial charge in [0.1, 0.15) is 0 Å². The SMILES string of the molecule is Cc1nn(C(C)C)cc1-c1ccc(Cl)cc1CNC(C)C. The number of benzene rings is 1. The number of aryl methyl sites for hydroxylation is 1. The first kappa shape index (κ1) is 16.1. The fourth-order valence-corrected chi connectivity index (χ4v) is 2.49. The van der Waals surface area contributed by atoms with Gasteiger partial charge in [-0.1, -0.05) is 31.5 Å². The lowest BCUT2D eigenvalue weighted by Crippen LogP contribution is -2.22. The van der Waals surface area contributed by atoms with Gasteiger partial charge in [-0.05, 0) is 44.0 Å². The summed E-state index contributed by atoms with van der Waals surface area (Å²) in [6.45, 7) is 11.4. The van der Waals surface area contributed by atoms with Gasteiger partial charge in [0.15, 0.2) is 0 Å². The molecule has 1 N–H and O–H groups in total. The van der Waals surface area contributed by atoms with Crippen LogP contribution in [0.25, 0.3) is 11.1 Å². The minimum Gasteiger partial charge on any atom is -0.310 e. The molecule has 114 valence electrons. The molecule has 0 spiro atoms. The lowest BCUT2D eigenvalue weighted by molar-refractivity contribution is 0.529. The molecule has 1 aromatic heterocycles. The molecule has 4 heteroatoms. The number of nitrogens with one attached hydrogen (secondary N) is 1. The van der Waals surface area contributed by atoms with Crippen molar-refractivity contribution in [2.24, 2.45) is 0 Å². The maximum absolute atomic E-state index is 6.17. The van der Waals surface area contributed by atoms with Crippen LogP contribution in [0.2, 0.25) is 5.02 Å². The summed E-state index contributed by atoms with van der Waals surface area (Å²) in [5.74, 6) is 0. The Morgan fingerprint density at radius 1 is 1.19 bits per heavy atom. The first-order chi connectivity index (χ1) is 9.88. The van der Waals surface area contributed by atoms with Gasteiger partial charge < -0.3 is 5.32 Å². The Labute approximate surface area is 132 Å². The summed E-state index contributed by atoms with van der Waals surface area (Å²) >= 11 is 6.17. The molecule has 2 rings (SSSR count). The van der Waals surface area contributed by atoms with E-state index in [9.17, 15) is 0 Å². The zero-order valence-electron chi connectivity index (χ0n) is 13.4. The molecule has 0 atom stereocenters. The second-order valence-corrected chi connectivity index (χ2v) is 6.48. The van der Waals surface area contributed by atoms with Crippen LogP contribution < -0.4 is 5.32 Å². The molecule has 0 fully saturated rings. The van der Waals surface area contributed by atoms with Crippen molar-refractivity contribution < 1.29 is 0 Å². The van der Waals surface area contributed by atoms with Crippen LogP contribution in [-0.4, -0.2) is 15.8 Å². The first-order valence-electron chi connectivity index (χ1n) is 7.46. The summed E-state index contributed by atoms with van der Waals surface area (Å²) in [6.07, 6.45) is 2.13. The molecular formula is C17H24ClN3. The van der Waals surface area contributed by atoms with Crippen molar-refractivity contribution >= 4 is 11.6 Å². The molecule has 0 aliphatic rings. The van der Waals surface area contributed by atoms with Gasteiger partial charge in [-0.2, -0.15) is 5.10 Å². The van der Waals surface area contributed by atoms with Gasteiger partial charge in [0.05, 0.1) is 5.69 Å². The third-order valence-electron chi connectivity index (χ3n) is 3.50. The van der Waals surface area contributed by atoms with Crippen LogP contribution in [0.4, 0.5) is 0 Å². The van der Waals surface area contributed by atoms with E-state index in [4.69, 9.17) is 11.6 Å². The van der Waals surface area contributed by atoms with Gasteiger partial charge in [-0.3, -0.25) is 4.68 Å². The molecule has 0 aliphatic heterocycles. The van der Waals surface area contributed by atoms with Gasteiger partial charge in [-0.25, -0.2) is 0 Å². The van der Waals surface area contributed by atoms with Gasteiger partial charge in [0.25, 0.3) is 0 Å². The number of halogens is 1. The van der Waals surface area contributed by atoms with E-state index in [0.29, 0.717) is 12.1 Å². The Morgan fingerprint density at radius 2 is 1.90 bits per heavy atom. The fourth-order valence-electron chi connectivity index (χ4n) is 2.30. The zero-order valence-corrected chi connectivity index (χ0v) is 14.2. The summed E-state index contributed by atoms with van der Waals surface area (Å²) in [7, 11) is 0. The highest BCUT2D eigenvalue weighted by atomic mass is 35.5. The summed E-state index contributed by atoms with van der Waals surface area (Å²) in [5, 5.41) is 8.84. The summed E-state index contributed by atoms with van der Waals surface area (Å²) in [4.78, 5) is 0. The van der Waals surface area contributed by atoms with Crippen molar-refractivity contribution in [1.82, 2.24) is 15.1 Å². The molecular weight excluding hydrogens is 282 g/mol. The Kier molecular flexibility index (Phi) is 5.07. The van der Waals surface area contributed by atoms with Crippen molar-refractivity contribution in [3.63, 3.8) is 0 Å². The molecule has 21 heavy (non-hydrogen) atoms. The predicted octanol–water partition coefficient (Wildman–Crippen LogP) is 4.59. The largest absolute Gasteiger partial charge is 0.310 e.